The number of nitrogens with one attached hydrogen (secondary N) is 1. The first-order valence-corrected chi connectivity index (χ1v) is 12.4. The summed E-state index contributed by atoms with van der Waals surface area (Å²) < 4.78 is 0. The number of amides is 1. The van der Waals surface area contributed by atoms with Gasteiger partial charge in [-0.1, -0.05) is 13.8 Å². The zero-order chi connectivity index (χ0) is 22.2. The molecule has 32 heavy (non-hydrogen) atoms. The SMILES string of the molecule is CCN1CCN(CC(C)CNC(=NC)N2CCN(C(C)C(=O)N3CCCC3)CC2)CC1.I. The number of hydrogen-bond acceptors (Lipinski definition) is 5. The Hall–Kier alpha value is -0.650. The van der Waals surface area contributed by atoms with E-state index in [4.69, 9.17) is 0 Å². The van der Waals surface area contributed by atoms with Crippen molar-refractivity contribution in [3.63, 3.8) is 0 Å². The van der Waals surface area contributed by atoms with E-state index in [1.54, 1.807) is 0 Å². The van der Waals surface area contributed by atoms with Crippen molar-refractivity contribution in [2.45, 2.75) is 39.7 Å². The number of carbonyl (C=O) groups is 1. The first kappa shape index (κ1) is 27.6. The third-order valence-electron chi connectivity index (χ3n) is 7.24. The van der Waals surface area contributed by atoms with Gasteiger partial charge in [-0.05, 0) is 32.2 Å². The standard InChI is InChI=1S/C23H45N7O.HI/c1-5-26-10-12-27(13-11-26)19-20(2)18-25-23(24-4)30-16-14-28(15-17-30)21(3)22(31)29-8-6-7-9-29;/h20-21H,5-19H2,1-4H3,(H,24,25);1H. The number of aliphatic imine (C=N–C) groups is 1. The van der Waals surface area contributed by atoms with Gasteiger partial charge in [0.1, 0.15) is 0 Å². The number of rotatable bonds is 7. The molecule has 0 aliphatic carbocycles. The summed E-state index contributed by atoms with van der Waals surface area (Å²) >= 11 is 0. The Kier molecular flexibility index (Phi) is 12.0. The Morgan fingerprint density at radius 2 is 1.47 bits per heavy atom. The van der Waals surface area contributed by atoms with Gasteiger partial charge in [0.2, 0.25) is 5.91 Å². The number of halogens is 1. The second kappa shape index (κ2) is 13.9. The molecule has 0 aromatic rings. The van der Waals surface area contributed by atoms with Gasteiger partial charge in [0.05, 0.1) is 6.04 Å². The molecule has 186 valence electrons. The first-order chi connectivity index (χ1) is 15.0. The Bertz CT molecular complexity index is 583. The zero-order valence-electron chi connectivity index (χ0n) is 20.8. The minimum Gasteiger partial charge on any atom is -0.356 e. The molecule has 0 aromatic heterocycles. The van der Waals surface area contributed by atoms with Crippen LogP contribution in [0.1, 0.15) is 33.6 Å². The van der Waals surface area contributed by atoms with Crippen LogP contribution < -0.4 is 5.32 Å². The summed E-state index contributed by atoms with van der Waals surface area (Å²) in [5.74, 6) is 1.90. The number of carbonyl (C=O) groups excluding carboxylic acids is 1. The Morgan fingerprint density at radius 1 is 0.875 bits per heavy atom. The summed E-state index contributed by atoms with van der Waals surface area (Å²) in [5, 5.41) is 3.61. The summed E-state index contributed by atoms with van der Waals surface area (Å²) in [5.41, 5.74) is 0. The average molecular weight is 564 g/mol. The molecule has 2 unspecified atom stereocenters. The van der Waals surface area contributed by atoms with E-state index in [0.29, 0.717) is 11.8 Å². The molecular formula is C23H46IN7O. The van der Waals surface area contributed by atoms with E-state index >= 15 is 0 Å². The molecule has 0 saturated carbocycles. The normalized spacial score (nSPS) is 23.7. The molecule has 8 nitrogen and oxygen atoms in total. The van der Waals surface area contributed by atoms with Gasteiger partial charge in [0.25, 0.3) is 0 Å². The van der Waals surface area contributed by atoms with Crippen molar-refractivity contribution in [1.29, 1.82) is 0 Å². The zero-order valence-corrected chi connectivity index (χ0v) is 23.1. The van der Waals surface area contributed by atoms with Crippen LogP contribution in [-0.2, 0) is 4.79 Å². The van der Waals surface area contributed by atoms with Crippen molar-refractivity contribution in [3.05, 3.63) is 0 Å². The van der Waals surface area contributed by atoms with Gasteiger partial charge in [-0.3, -0.25) is 14.7 Å². The summed E-state index contributed by atoms with van der Waals surface area (Å²) in [6, 6.07) is -0.0107. The monoisotopic (exact) mass is 563 g/mol. The fourth-order valence-electron chi connectivity index (χ4n) is 5.07. The molecule has 3 aliphatic heterocycles. The molecule has 3 fully saturated rings. The molecule has 9 heteroatoms. The first-order valence-electron chi connectivity index (χ1n) is 12.4. The maximum absolute atomic E-state index is 12.7. The molecule has 0 radical (unpaired) electrons. The van der Waals surface area contributed by atoms with Crippen LogP contribution in [0, 0.1) is 5.92 Å². The highest BCUT2D eigenvalue weighted by molar-refractivity contribution is 14.0. The second-order valence-electron chi connectivity index (χ2n) is 9.50. The van der Waals surface area contributed by atoms with E-state index in [9.17, 15) is 4.79 Å². The van der Waals surface area contributed by atoms with Gasteiger partial charge in [-0.2, -0.15) is 0 Å². The number of likely N-dealkylation sites (N-methyl/N-ethyl adjacent to an activating group) is 1. The van der Waals surface area contributed by atoms with E-state index in [1.807, 2.05) is 11.9 Å². The molecule has 3 heterocycles. The quantitative estimate of drug-likeness (QED) is 0.285. The van der Waals surface area contributed by atoms with Crippen LogP contribution in [0.4, 0.5) is 0 Å². The third kappa shape index (κ3) is 7.70. The third-order valence-corrected chi connectivity index (χ3v) is 7.24. The Labute approximate surface area is 212 Å². The van der Waals surface area contributed by atoms with Crippen LogP contribution in [0.25, 0.3) is 0 Å². The summed E-state index contributed by atoms with van der Waals surface area (Å²) in [7, 11) is 1.88. The lowest BCUT2D eigenvalue weighted by molar-refractivity contribution is -0.135. The van der Waals surface area contributed by atoms with Crippen LogP contribution in [0.15, 0.2) is 4.99 Å². The highest BCUT2D eigenvalue weighted by Gasteiger charge is 2.30. The van der Waals surface area contributed by atoms with Crippen molar-refractivity contribution in [2.75, 3.05) is 92.1 Å². The van der Waals surface area contributed by atoms with Crippen molar-refractivity contribution < 1.29 is 4.79 Å². The maximum Gasteiger partial charge on any atom is 0.239 e. The van der Waals surface area contributed by atoms with Crippen molar-refractivity contribution >= 4 is 35.8 Å². The van der Waals surface area contributed by atoms with Crippen LogP contribution in [0.2, 0.25) is 0 Å². The Morgan fingerprint density at radius 3 is 2.03 bits per heavy atom. The van der Waals surface area contributed by atoms with Crippen LogP contribution in [0.3, 0.4) is 0 Å². The van der Waals surface area contributed by atoms with E-state index < -0.39 is 0 Å². The molecule has 3 aliphatic rings. The fraction of sp³-hybridized carbons (Fsp3) is 0.913. The summed E-state index contributed by atoms with van der Waals surface area (Å²) in [6.07, 6.45) is 2.31. The van der Waals surface area contributed by atoms with Crippen LogP contribution in [-0.4, -0.2) is 135 Å². The largest absolute Gasteiger partial charge is 0.356 e. The van der Waals surface area contributed by atoms with Gasteiger partial charge in [0, 0.05) is 85.6 Å². The van der Waals surface area contributed by atoms with Gasteiger partial charge >= 0.3 is 0 Å². The van der Waals surface area contributed by atoms with Crippen molar-refractivity contribution in [1.82, 2.24) is 29.8 Å². The molecule has 0 aromatic carbocycles. The molecule has 1 N–H and O–H groups in total. The lowest BCUT2D eigenvalue weighted by Crippen LogP contribution is -2.57. The van der Waals surface area contributed by atoms with Crippen LogP contribution in [0.5, 0.6) is 0 Å². The fourth-order valence-corrected chi connectivity index (χ4v) is 5.07. The lowest BCUT2D eigenvalue weighted by atomic mass is 10.1. The van der Waals surface area contributed by atoms with E-state index in [0.717, 1.165) is 71.2 Å². The minimum atomic E-state index is -0.0107. The predicted octanol–water partition coefficient (Wildman–Crippen LogP) is 1.08. The van der Waals surface area contributed by atoms with Crippen molar-refractivity contribution in [3.8, 4) is 0 Å². The maximum atomic E-state index is 12.7. The molecule has 1 amide bonds. The lowest BCUT2D eigenvalue weighted by Gasteiger charge is -2.40. The smallest absolute Gasteiger partial charge is 0.239 e. The highest BCUT2D eigenvalue weighted by Crippen LogP contribution is 2.14. The van der Waals surface area contributed by atoms with E-state index in [2.05, 4.69) is 50.7 Å². The second-order valence-corrected chi connectivity index (χ2v) is 9.50. The number of piperazine rings is 2. The molecule has 3 saturated heterocycles. The highest BCUT2D eigenvalue weighted by atomic mass is 127. The molecular weight excluding hydrogens is 517 g/mol. The summed E-state index contributed by atoms with van der Waals surface area (Å²) in [6.45, 7) is 20.2. The van der Waals surface area contributed by atoms with Gasteiger partial charge in [0.15, 0.2) is 5.96 Å². The van der Waals surface area contributed by atoms with Crippen LogP contribution >= 0.6 is 24.0 Å². The summed E-state index contributed by atoms with van der Waals surface area (Å²) in [4.78, 5) is 29.1. The number of guanidine groups is 1. The minimum absolute atomic E-state index is 0. The van der Waals surface area contributed by atoms with E-state index in [-0.39, 0.29) is 30.0 Å². The van der Waals surface area contributed by atoms with E-state index in [1.165, 1.54) is 32.7 Å². The molecule has 3 rings (SSSR count). The molecule has 0 bridgehead atoms. The predicted molar refractivity (Wildman–Crippen MR) is 143 cm³/mol. The molecule has 2 atom stereocenters. The van der Waals surface area contributed by atoms with Gasteiger partial charge in [-0.15, -0.1) is 24.0 Å². The number of likely N-dealkylation sites (tertiary alicyclic amines) is 1. The van der Waals surface area contributed by atoms with Gasteiger partial charge < -0.3 is 24.9 Å². The van der Waals surface area contributed by atoms with Crippen molar-refractivity contribution in [2.24, 2.45) is 10.9 Å². The molecule has 0 spiro atoms. The van der Waals surface area contributed by atoms with Gasteiger partial charge in [-0.25, -0.2) is 0 Å². The Balaban J connectivity index is 0.00000363. The average Bonchev–Trinajstić information content (AvgIpc) is 3.34. The number of hydrogen-bond donors (Lipinski definition) is 1. The number of nitrogens with zero attached hydrogens (tertiary/aromatic N) is 6. The topological polar surface area (TPSA) is 57.7 Å².